The number of nitrogens with zero attached hydrogens (tertiary/aromatic N) is 1. The Kier molecular flexibility index (Phi) is 10.3. The van der Waals surface area contributed by atoms with Crippen molar-refractivity contribution in [2.45, 2.75) is 63.6 Å². The largest absolute Gasteiger partial charge is 0.396 e. The molecule has 7 heteroatoms. The van der Waals surface area contributed by atoms with E-state index in [0.29, 0.717) is 38.3 Å². The topological polar surface area (TPSA) is 57.6 Å². The number of sulfonamides is 1. The maximum absolute atomic E-state index is 14.2. The third-order valence-electron chi connectivity index (χ3n) is 6.26. The molecule has 0 aliphatic rings. The molecule has 0 radical (unpaired) electrons. The minimum Gasteiger partial charge on any atom is -0.396 e. The highest BCUT2D eigenvalue weighted by atomic mass is 32.2. The summed E-state index contributed by atoms with van der Waals surface area (Å²) in [7, 11) is -3.67. The maximum Gasteiger partial charge on any atom is 0.228 e. The van der Waals surface area contributed by atoms with Gasteiger partial charge in [-0.2, -0.15) is 0 Å². The number of hydrogen-bond acceptors (Lipinski definition) is 3. The molecule has 1 atom stereocenters. The summed E-state index contributed by atoms with van der Waals surface area (Å²) in [5, 5.41) is 9.44. The minimum absolute atomic E-state index is 0.0155. The van der Waals surface area contributed by atoms with E-state index < -0.39 is 14.8 Å². The van der Waals surface area contributed by atoms with Gasteiger partial charge >= 0.3 is 0 Å². The minimum atomic E-state index is -3.67. The fraction of sp³-hybridized carbons (Fsp3) is 0.440. The van der Waals surface area contributed by atoms with Gasteiger partial charge in [0.05, 0.1) is 4.75 Å². The van der Waals surface area contributed by atoms with E-state index in [2.05, 4.69) is 6.58 Å². The van der Waals surface area contributed by atoms with E-state index >= 15 is 0 Å². The molecule has 0 aliphatic heterocycles. The quantitative estimate of drug-likeness (QED) is 0.326. The molecule has 1 unspecified atom stereocenters. The number of benzene rings is 2. The summed E-state index contributed by atoms with van der Waals surface area (Å²) < 4.78 is 29.3. The van der Waals surface area contributed by atoms with E-state index in [1.54, 1.807) is 10.2 Å². The van der Waals surface area contributed by atoms with Crippen LogP contribution >= 0.6 is 0 Å². The second-order valence-corrected chi connectivity index (χ2v) is 11.4. The molecular formula is C25H37B2NO3S. The number of rotatable bonds is 14. The predicted octanol–water partition coefficient (Wildman–Crippen LogP) is 4.92. The molecule has 0 aromatic heterocycles. The van der Waals surface area contributed by atoms with Crippen LogP contribution < -0.4 is 0 Å². The second kappa shape index (κ2) is 12.4. The Labute approximate surface area is 196 Å². The summed E-state index contributed by atoms with van der Waals surface area (Å²) in [6.45, 7) is 9.23. The van der Waals surface area contributed by atoms with Crippen LogP contribution in [0.4, 0.5) is 0 Å². The van der Waals surface area contributed by atoms with Crippen LogP contribution in [0.15, 0.2) is 73.3 Å². The highest BCUT2D eigenvalue weighted by Crippen LogP contribution is 2.34. The monoisotopic (exact) mass is 453 g/mol. The first kappa shape index (κ1) is 26.4. The molecule has 0 bridgehead atoms. The zero-order valence-corrected chi connectivity index (χ0v) is 20.6. The van der Waals surface area contributed by atoms with Crippen molar-refractivity contribution in [2.24, 2.45) is 0 Å². The van der Waals surface area contributed by atoms with Crippen LogP contribution in [0.1, 0.15) is 43.7 Å². The number of allylic oxidation sites excluding steroid dienone is 1. The summed E-state index contributed by atoms with van der Waals surface area (Å²) >= 11 is 0. The standard InChI is InChI=1S/C25H37B2NO3S/c1-5-6-18-25(2,19-13-20-29)32(30,31)28(26(3)21-23-14-9-7-10-15-23)27(4)22-24-16-11-8-12-17-24/h5,7-12,14-17,29H,1,6,13,18-22H2,2-4H3. The van der Waals surface area contributed by atoms with Gasteiger partial charge in [-0.25, -0.2) is 8.42 Å². The van der Waals surface area contributed by atoms with Crippen molar-refractivity contribution in [3.63, 3.8) is 0 Å². The van der Waals surface area contributed by atoms with Gasteiger partial charge in [0.15, 0.2) is 10.0 Å². The predicted molar refractivity (Wildman–Crippen MR) is 138 cm³/mol. The summed E-state index contributed by atoms with van der Waals surface area (Å²) in [5.41, 5.74) is 2.24. The molecule has 0 saturated carbocycles. The third kappa shape index (κ3) is 6.84. The van der Waals surface area contributed by atoms with Crippen LogP contribution in [-0.4, -0.2) is 42.7 Å². The van der Waals surface area contributed by atoms with Crippen molar-refractivity contribution < 1.29 is 13.5 Å². The fourth-order valence-electron chi connectivity index (χ4n) is 4.50. The van der Waals surface area contributed by atoms with Crippen LogP contribution in [0.25, 0.3) is 0 Å². The summed E-state index contributed by atoms with van der Waals surface area (Å²) in [5.74, 6) is 0. The molecule has 0 spiro atoms. The van der Waals surface area contributed by atoms with Gasteiger partial charge in [-0.05, 0) is 45.2 Å². The second-order valence-electron chi connectivity index (χ2n) is 9.02. The Morgan fingerprint density at radius 2 is 1.41 bits per heavy atom. The molecule has 2 rings (SSSR count). The highest BCUT2D eigenvalue weighted by Gasteiger charge is 2.46. The smallest absolute Gasteiger partial charge is 0.228 e. The van der Waals surface area contributed by atoms with Crippen LogP contribution in [0.2, 0.25) is 13.6 Å². The van der Waals surface area contributed by atoms with Crippen molar-refractivity contribution >= 4 is 23.7 Å². The number of hydrogen-bond donors (Lipinski definition) is 1. The Bertz CT molecular complexity index is 877. The van der Waals surface area contributed by atoms with E-state index in [1.165, 1.54) is 0 Å². The Balaban J connectivity index is 2.44. The average molecular weight is 453 g/mol. The SMILES string of the molecule is C=CCCC(C)(CCCO)S(=O)(=O)N(B(C)Cc1ccccc1)B(C)Cc1ccccc1. The molecule has 0 amide bonds. The van der Waals surface area contributed by atoms with Gasteiger partial charge in [-0.15, -0.1) is 6.58 Å². The summed E-state index contributed by atoms with van der Waals surface area (Å²) in [4.78, 5) is 0. The molecule has 32 heavy (non-hydrogen) atoms. The van der Waals surface area contributed by atoms with Crippen LogP contribution in [0.3, 0.4) is 0 Å². The number of aliphatic hydroxyl groups is 1. The normalized spacial score (nSPS) is 13.5. The van der Waals surface area contributed by atoms with E-state index in [0.717, 1.165) is 11.1 Å². The molecule has 172 valence electrons. The first-order valence-corrected chi connectivity index (χ1v) is 13.0. The van der Waals surface area contributed by atoms with E-state index in [1.807, 2.05) is 81.2 Å². The Morgan fingerprint density at radius 3 is 1.81 bits per heavy atom. The molecular weight excluding hydrogens is 416 g/mol. The van der Waals surface area contributed by atoms with Crippen molar-refractivity contribution in [2.75, 3.05) is 6.61 Å². The van der Waals surface area contributed by atoms with Crippen molar-refractivity contribution in [1.82, 2.24) is 4.13 Å². The van der Waals surface area contributed by atoms with Gasteiger partial charge in [-0.1, -0.05) is 91.5 Å². The maximum atomic E-state index is 14.2. The lowest BCUT2D eigenvalue weighted by atomic mass is 9.48. The van der Waals surface area contributed by atoms with Crippen LogP contribution in [-0.2, 0) is 22.7 Å². The molecule has 4 nitrogen and oxygen atoms in total. The molecule has 0 fully saturated rings. The lowest BCUT2D eigenvalue weighted by Crippen LogP contribution is -2.58. The fourth-order valence-corrected chi connectivity index (χ4v) is 6.88. The van der Waals surface area contributed by atoms with Crippen molar-refractivity contribution in [1.29, 1.82) is 0 Å². The van der Waals surface area contributed by atoms with Crippen molar-refractivity contribution in [3.05, 3.63) is 84.4 Å². The van der Waals surface area contributed by atoms with Gasteiger partial charge in [0, 0.05) is 6.61 Å². The summed E-state index contributed by atoms with van der Waals surface area (Å²) in [6.07, 6.45) is 5.07. The van der Waals surface area contributed by atoms with E-state index in [9.17, 15) is 13.5 Å². The highest BCUT2D eigenvalue weighted by molar-refractivity contribution is 7.92. The molecule has 2 aromatic rings. The first-order valence-electron chi connectivity index (χ1n) is 11.6. The zero-order chi connectivity index (χ0) is 23.6. The van der Waals surface area contributed by atoms with E-state index in [-0.39, 0.29) is 20.3 Å². The molecule has 2 aromatic carbocycles. The zero-order valence-electron chi connectivity index (χ0n) is 19.8. The van der Waals surface area contributed by atoms with E-state index in [4.69, 9.17) is 0 Å². The lowest BCUT2D eigenvalue weighted by Gasteiger charge is -2.40. The number of aliphatic hydroxyl groups excluding tert-OH is 1. The van der Waals surface area contributed by atoms with Gasteiger partial charge in [0.2, 0.25) is 13.7 Å². The van der Waals surface area contributed by atoms with Gasteiger partial charge < -0.3 is 5.11 Å². The molecule has 1 N–H and O–H groups in total. The summed E-state index contributed by atoms with van der Waals surface area (Å²) in [6, 6.07) is 20.1. The van der Waals surface area contributed by atoms with Gasteiger partial charge in [0.1, 0.15) is 0 Å². The Hall–Kier alpha value is -1.82. The Morgan fingerprint density at radius 1 is 0.938 bits per heavy atom. The van der Waals surface area contributed by atoms with Crippen LogP contribution in [0.5, 0.6) is 0 Å². The first-order chi connectivity index (χ1) is 15.2. The van der Waals surface area contributed by atoms with Crippen LogP contribution in [0, 0.1) is 0 Å². The van der Waals surface area contributed by atoms with Gasteiger partial charge in [0.25, 0.3) is 0 Å². The lowest BCUT2D eigenvalue weighted by molar-refractivity contribution is 0.274. The molecule has 0 saturated heterocycles. The molecule has 0 aliphatic carbocycles. The van der Waals surface area contributed by atoms with Gasteiger partial charge in [-0.3, -0.25) is 4.13 Å². The third-order valence-corrected chi connectivity index (χ3v) is 9.19. The molecule has 0 heterocycles. The average Bonchev–Trinajstić information content (AvgIpc) is 2.77. The van der Waals surface area contributed by atoms with Crippen molar-refractivity contribution in [3.8, 4) is 0 Å².